The van der Waals surface area contributed by atoms with Gasteiger partial charge >= 0.3 is 5.97 Å². The SMILES string of the molecule is CC(C)CCNCc1c(C(=O)O)n(Cc2ccccc2)c2ccccc12. The Hall–Kier alpha value is -2.59. The Kier molecular flexibility index (Phi) is 5.74. The van der Waals surface area contributed by atoms with Crippen LogP contribution in [0.2, 0.25) is 0 Å². The van der Waals surface area contributed by atoms with Crippen molar-refractivity contribution in [2.45, 2.75) is 33.4 Å². The maximum absolute atomic E-state index is 12.1. The molecular weight excluding hydrogens is 324 g/mol. The van der Waals surface area contributed by atoms with Crippen molar-refractivity contribution >= 4 is 16.9 Å². The van der Waals surface area contributed by atoms with E-state index >= 15 is 0 Å². The number of fused-ring (bicyclic) bond motifs is 1. The summed E-state index contributed by atoms with van der Waals surface area (Å²) in [7, 11) is 0. The molecule has 3 rings (SSSR count). The first kappa shape index (κ1) is 18.2. The van der Waals surface area contributed by atoms with Gasteiger partial charge in [-0.05, 0) is 30.5 Å². The van der Waals surface area contributed by atoms with Crippen LogP contribution in [0.15, 0.2) is 54.6 Å². The average Bonchev–Trinajstić information content (AvgIpc) is 2.93. The molecular formula is C22H26N2O2. The van der Waals surface area contributed by atoms with E-state index in [4.69, 9.17) is 0 Å². The lowest BCUT2D eigenvalue weighted by Crippen LogP contribution is -2.19. The molecule has 0 unspecified atom stereocenters. The quantitative estimate of drug-likeness (QED) is 0.587. The molecule has 0 spiro atoms. The Morgan fingerprint density at radius 3 is 2.46 bits per heavy atom. The zero-order valence-corrected chi connectivity index (χ0v) is 15.4. The van der Waals surface area contributed by atoms with Crippen molar-refractivity contribution < 1.29 is 9.90 Å². The molecule has 1 aromatic heterocycles. The van der Waals surface area contributed by atoms with E-state index in [-0.39, 0.29) is 0 Å². The lowest BCUT2D eigenvalue weighted by atomic mass is 10.1. The van der Waals surface area contributed by atoms with Gasteiger partial charge in [0.25, 0.3) is 0 Å². The average molecular weight is 350 g/mol. The van der Waals surface area contributed by atoms with E-state index in [2.05, 4.69) is 19.2 Å². The Morgan fingerprint density at radius 2 is 1.77 bits per heavy atom. The normalized spacial score (nSPS) is 11.3. The van der Waals surface area contributed by atoms with E-state index < -0.39 is 5.97 Å². The molecule has 4 heteroatoms. The number of carboxylic acids is 1. The number of para-hydroxylation sites is 1. The van der Waals surface area contributed by atoms with Crippen LogP contribution in [0.4, 0.5) is 0 Å². The monoisotopic (exact) mass is 350 g/mol. The summed E-state index contributed by atoms with van der Waals surface area (Å²) >= 11 is 0. The number of aromatic carboxylic acids is 1. The van der Waals surface area contributed by atoms with Gasteiger partial charge in [-0.2, -0.15) is 0 Å². The molecule has 0 fully saturated rings. The maximum Gasteiger partial charge on any atom is 0.352 e. The summed E-state index contributed by atoms with van der Waals surface area (Å²) in [6, 6.07) is 17.9. The second-order valence-electron chi connectivity index (χ2n) is 7.08. The van der Waals surface area contributed by atoms with Gasteiger partial charge < -0.3 is 15.0 Å². The van der Waals surface area contributed by atoms with Crippen LogP contribution in [-0.2, 0) is 13.1 Å². The molecule has 0 aliphatic carbocycles. The van der Waals surface area contributed by atoms with Crippen molar-refractivity contribution in [3.05, 3.63) is 71.4 Å². The standard InChI is InChI=1S/C22H26N2O2/c1-16(2)12-13-23-14-19-18-10-6-7-11-20(18)24(21(19)22(25)26)15-17-8-4-3-5-9-17/h3-11,16,23H,12-15H2,1-2H3,(H,25,26). The molecule has 0 bridgehead atoms. The van der Waals surface area contributed by atoms with Gasteiger partial charge in [0.2, 0.25) is 0 Å². The Balaban J connectivity index is 2.00. The van der Waals surface area contributed by atoms with Crippen molar-refractivity contribution in [1.29, 1.82) is 0 Å². The number of carboxylic acid groups (broad SMARTS) is 1. The van der Waals surface area contributed by atoms with Gasteiger partial charge in [0.15, 0.2) is 0 Å². The van der Waals surface area contributed by atoms with E-state index in [1.807, 2.05) is 59.2 Å². The Bertz CT molecular complexity index is 882. The number of nitrogens with zero attached hydrogens (tertiary/aromatic N) is 1. The van der Waals surface area contributed by atoms with Crippen LogP contribution in [0.25, 0.3) is 10.9 Å². The second-order valence-corrected chi connectivity index (χ2v) is 7.08. The number of carbonyl (C=O) groups is 1. The minimum atomic E-state index is -0.877. The van der Waals surface area contributed by atoms with Crippen LogP contribution in [0.3, 0.4) is 0 Å². The van der Waals surface area contributed by atoms with Crippen LogP contribution >= 0.6 is 0 Å². The first-order valence-electron chi connectivity index (χ1n) is 9.16. The molecule has 0 radical (unpaired) electrons. The van der Waals surface area contributed by atoms with E-state index in [0.29, 0.717) is 24.7 Å². The van der Waals surface area contributed by atoms with Gasteiger partial charge in [-0.1, -0.05) is 62.4 Å². The molecule has 0 saturated heterocycles. The molecule has 2 N–H and O–H groups in total. The summed E-state index contributed by atoms with van der Waals surface area (Å²) in [5.74, 6) is -0.251. The number of benzene rings is 2. The van der Waals surface area contributed by atoms with Crippen LogP contribution in [0.1, 0.15) is 41.9 Å². The highest BCUT2D eigenvalue weighted by Gasteiger charge is 2.21. The Morgan fingerprint density at radius 1 is 1.08 bits per heavy atom. The highest BCUT2D eigenvalue weighted by molar-refractivity contribution is 5.98. The van der Waals surface area contributed by atoms with Gasteiger partial charge in [-0.25, -0.2) is 4.79 Å². The number of rotatable bonds is 8. The summed E-state index contributed by atoms with van der Waals surface area (Å²) in [5.41, 5.74) is 3.31. The van der Waals surface area contributed by atoms with Crippen molar-refractivity contribution in [3.63, 3.8) is 0 Å². The van der Waals surface area contributed by atoms with E-state index in [0.717, 1.165) is 35.0 Å². The third-order valence-corrected chi connectivity index (χ3v) is 4.66. The molecule has 3 aromatic rings. The van der Waals surface area contributed by atoms with Gasteiger partial charge in [-0.3, -0.25) is 0 Å². The summed E-state index contributed by atoms with van der Waals surface area (Å²) in [5, 5.41) is 14.4. The fourth-order valence-electron chi connectivity index (χ4n) is 3.33. The third kappa shape index (κ3) is 3.97. The van der Waals surface area contributed by atoms with E-state index in [1.165, 1.54) is 0 Å². The summed E-state index contributed by atoms with van der Waals surface area (Å²) in [4.78, 5) is 12.1. The van der Waals surface area contributed by atoms with Crippen LogP contribution in [0, 0.1) is 5.92 Å². The number of aromatic nitrogens is 1. The minimum absolute atomic E-state index is 0.382. The molecule has 1 heterocycles. The highest BCUT2D eigenvalue weighted by atomic mass is 16.4. The molecule has 0 atom stereocenters. The molecule has 0 aliphatic heterocycles. The summed E-state index contributed by atoms with van der Waals surface area (Å²) in [6.45, 7) is 6.38. The van der Waals surface area contributed by atoms with Crippen molar-refractivity contribution in [2.24, 2.45) is 5.92 Å². The van der Waals surface area contributed by atoms with Crippen molar-refractivity contribution in [2.75, 3.05) is 6.54 Å². The van der Waals surface area contributed by atoms with E-state index in [9.17, 15) is 9.90 Å². The Labute approximate surface area is 154 Å². The largest absolute Gasteiger partial charge is 0.477 e. The zero-order chi connectivity index (χ0) is 18.5. The maximum atomic E-state index is 12.1. The molecule has 0 saturated carbocycles. The second kappa shape index (κ2) is 8.19. The van der Waals surface area contributed by atoms with Gasteiger partial charge in [0.05, 0.1) is 0 Å². The molecule has 136 valence electrons. The summed E-state index contributed by atoms with van der Waals surface area (Å²) < 4.78 is 1.92. The number of hydrogen-bond donors (Lipinski definition) is 2. The van der Waals surface area contributed by atoms with Crippen LogP contribution in [0.5, 0.6) is 0 Å². The van der Waals surface area contributed by atoms with Crippen LogP contribution in [-0.4, -0.2) is 22.2 Å². The van der Waals surface area contributed by atoms with Gasteiger partial charge in [0.1, 0.15) is 5.69 Å². The molecule has 0 aliphatic rings. The zero-order valence-electron chi connectivity index (χ0n) is 15.4. The number of hydrogen-bond acceptors (Lipinski definition) is 2. The molecule has 4 nitrogen and oxygen atoms in total. The molecule has 0 amide bonds. The first-order chi connectivity index (χ1) is 12.6. The van der Waals surface area contributed by atoms with Crippen molar-refractivity contribution in [1.82, 2.24) is 9.88 Å². The van der Waals surface area contributed by atoms with Gasteiger partial charge in [-0.15, -0.1) is 0 Å². The number of nitrogens with one attached hydrogen (secondary N) is 1. The first-order valence-corrected chi connectivity index (χ1v) is 9.16. The lowest BCUT2D eigenvalue weighted by molar-refractivity contribution is 0.0684. The predicted octanol–water partition coefficient (Wildman–Crippen LogP) is 4.52. The third-order valence-electron chi connectivity index (χ3n) is 4.66. The fraction of sp³-hybridized carbons (Fsp3) is 0.318. The lowest BCUT2D eigenvalue weighted by Gasteiger charge is -2.10. The van der Waals surface area contributed by atoms with Crippen molar-refractivity contribution in [3.8, 4) is 0 Å². The summed E-state index contributed by atoms with van der Waals surface area (Å²) in [6.07, 6.45) is 1.07. The highest BCUT2D eigenvalue weighted by Crippen LogP contribution is 2.27. The van der Waals surface area contributed by atoms with E-state index in [1.54, 1.807) is 0 Å². The topological polar surface area (TPSA) is 54.3 Å². The molecule has 26 heavy (non-hydrogen) atoms. The van der Waals surface area contributed by atoms with Crippen LogP contribution < -0.4 is 5.32 Å². The fourth-order valence-corrected chi connectivity index (χ4v) is 3.33. The molecule has 2 aromatic carbocycles. The minimum Gasteiger partial charge on any atom is -0.477 e. The smallest absolute Gasteiger partial charge is 0.352 e. The van der Waals surface area contributed by atoms with Gasteiger partial charge in [0, 0.05) is 29.6 Å². The predicted molar refractivity (Wildman–Crippen MR) is 106 cm³/mol.